The molecular formula is C26H29F5N2O5. The molecule has 1 aliphatic heterocycles. The maximum atomic E-state index is 15.4. The first-order valence-corrected chi connectivity index (χ1v) is 12.2. The van der Waals surface area contributed by atoms with Gasteiger partial charge in [0, 0.05) is 36.8 Å². The molecule has 1 amide bonds. The van der Waals surface area contributed by atoms with Gasteiger partial charge < -0.3 is 24.2 Å². The predicted octanol–water partition coefficient (Wildman–Crippen LogP) is 5.95. The molecule has 2 fully saturated rings. The molecule has 2 aromatic rings. The van der Waals surface area contributed by atoms with E-state index in [0.717, 1.165) is 12.3 Å². The van der Waals surface area contributed by atoms with Crippen molar-refractivity contribution in [2.45, 2.75) is 51.2 Å². The van der Waals surface area contributed by atoms with Crippen LogP contribution in [-0.4, -0.2) is 60.2 Å². The lowest BCUT2D eigenvalue weighted by Crippen LogP contribution is -2.63. The minimum absolute atomic E-state index is 0.0372. The van der Waals surface area contributed by atoms with E-state index >= 15 is 4.39 Å². The van der Waals surface area contributed by atoms with Gasteiger partial charge in [-0.15, -0.1) is 0 Å². The van der Waals surface area contributed by atoms with Crippen molar-refractivity contribution in [2.75, 3.05) is 20.2 Å². The zero-order chi connectivity index (χ0) is 27.4. The van der Waals surface area contributed by atoms with Gasteiger partial charge in [0.15, 0.2) is 0 Å². The standard InChI is InChI=1S/C26H29F5N2O5/c1-36-17-5-2-15(3-6-17)14-37-24(31)20(23(29)30)21-18(38-19-7-4-16(13-32-19)22(27)28)12-26(21)8-10-33(11-9-26)25(34)35/h2-7,13,18,20-24H,8-12,14H2,1H3,(H,34,35). The highest BCUT2D eigenvalue weighted by atomic mass is 19.3. The van der Waals surface area contributed by atoms with Gasteiger partial charge in [0.1, 0.15) is 11.9 Å². The van der Waals surface area contributed by atoms with Crippen molar-refractivity contribution in [3.63, 3.8) is 0 Å². The predicted molar refractivity (Wildman–Crippen MR) is 125 cm³/mol. The number of aromatic nitrogens is 1. The molecule has 2 aliphatic rings. The maximum Gasteiger partial charge on any atom is 0.407 e. The van der Waals surface area contributed by atoms with E-state index in [2.05, 4.69) is 4.98 Å². The second-order valence-corrected chi connectivity index (χ2v) is 9.67. The molecule has 4 rings (SSSR count). The monoisotopic (exact) mass is 544 g/mol. The summed E-state index contributed by atoms with van der Waals surface area (Å²) in [5.41, 5.74) is -0.536. The summed E-state index contributed by atoms with van der Waals surface area (Å²) >= 11 is 0. The van der Waals surface area contributed by atoms with Gasteiger partial charge in [-0.25, -0.2) is 31.7 Å². The van der Waals surface area contributed by atoms with Crippen molar-refractivity contribution < 1.29 is 46.1 Å². The molecule has 38 heavy (non-hydrogen) atoms. The summed E-state index contributed by atoms with van der Waals surface area (Å²) in [6.07, 6.45) is -8.41. The lowest BCUT2D eigenvalue weighted by Gasteiger charge is -2.59. The van der Waals surface area contributed by atoms with E-state index in [-0.39, 0.29) is 50.4 Å². The number of benzene rings is 1. The van der Waals surface area contributed by atoms with Crippen molar-refractivity contribution in [1.82, 2.24) is 9.88 Å². The number of halogens is 5. The van der Waals surface area contributed by atoms with Crippen molar-refractivity contribution >= 4 is 6.09 Å². The van der Waals surface area contributed by atoms with Crippen LogP contribution in [0.25, 0.3) is 0 Å². The summed E-state index contributed by atoms with van der Waals surface area (Å²) in [5.74, 6) is -2.33. The van der Waals surface area contributed by atoms with Gasteiger partial charge in [-0.3, -0.25) is 0 Å². The largest absolute Gasteiger partial charge is 0.497 e. The van der Waals surface area contributed by atoms with Gasteiger partial charge in [0.25, 0.3) is 6.43 Å². The number of hydrogen-bond donors (Lipinski definition) is 1. The number of pyridine rings is 1. The Kier molecular flexibility index (Phi) is 8.59. The van der Waals surface area contributed by atoms with Gasteiger partial charge in [-0.1, -0.05) is 12.1 Å². The third-order valence-corrected chi connectivity index (χ3v) is 7.60. The molecule has 0 radical (unpaired) electrons. The summed E-state index contributed by atoms with van der Waals surface area (Å²) in [6, 6.07) is 8.91. The molecule has 1 N–H and O–H groups in total. The minimum atomic E-state index is -3.10. The Hall–Kier alpha value is -3.15. The molecular weight excluding hydrogens is 515 g/mol. The Bertz CT molecular complexity index is 1060. The highest BCUT2D eigenvalue weighted by Crippen LogP contribution is 2.59. The normalized spacial score (nSPS) is 22.3. The van der Waals surface area contributed by atoms with Gasteiger partial charge in [0.05, 0.1) is 19.6 Å². The second kappa shape index (κ2) is 11.7. The first kappa shape index (κ1) is 27.9. The molecule has 1 aliphatic carbocycles. The van der Waals surface area contributed by atoms with E-state index in [9.17, 15) is 27.5 Å². The molecule has 1 aromatic carbocycles. The lowest BCUT2D eigenvalue weighted by atomic mass is 9.50. The fraction of sp³-hybridized carbons (Fsp3) is 0.538. The van der Waals surface area contributed by atoms with E-state index in [4.69, 9.17) is 14.2 Å². The van der Waals surface area contributed by atoms with Crippen molar-refractivity contribution in [3.8, 4) is 11.6 Å². The van der Waals surface area contributed by atoms with E-state index in [1.54, 1.807) is 24.3 Å². The number of alkyl halides is 5. The molecule has 2 heterocycles. The Balaban J connectivity index is 1.53. The number of amides is 1. The van der Waals surface area contributed by atoms with Gasteiger partial charge in [0.2, 0.25) is 18.7 Å². The highest BCUT2D eigenvalue weighted by molar-refractivity contribution is 5.65. The van der Waals surface area contributed by atoms with Crippen molar-refractivity contribution in [1.29, 1.82) is 0 Å². The summed E-state index contributed by atoms with van der Waals surface area (Å²) in [6.45, 7) is 0.00206. The van der Waals surface area contributed by atoms with Crippen LogP contribution in [0.15, 0.2) is 42.6 Å². The Morgan fingerprint density at radius 2 is 1.79 bits per heavy atom. The molecule has 1 aromatic heterocycles. The molecule has 4 unspecified atom stereocenters. The Labute approximate surface area is 216 Å². The minimum Gasteiger partial charge on any atom is -0.497 e. The third kappa shape index (κ3) is 5.95. The Morgan fingerprint density at radius 1 is 1.11 bits per heavy atom. The average Bonchev–Trinajstić information content (AvgIpc) is 2.90. The van der Waals surface area contributed by atoms with Crippen LogP contribution in [0.4, 0.5) is 26.7 Å². The van der Waals surface area contributed by atoms with Crippen LogP contribution in [-0.2, 0) is 11.3 Å². The van der Waals surface area contributed by atoms with Crippen LogP contribution < -0.4 is 9.47 Å². The number of carbonyl (C=O) groups is 1. The van der Waals surface area contributed by atoms with Crippen LogP contribution in [0.3, 0.4) is 0 Å². The van der Waals surface area contributed by atoms with Crippen LogP contribution in [0.1, 0.15) is 36.8 Å². The van der Waals surface area contributed by atoms with Crippen molar-refractivity contribution in [3.05, 3.63) is 53.7 Å². The molecule has 1 spiro atoms. The van der Waals surface area contributed by atoms with Gasteiger partial charge >= 0.3 is 6.09 Å². The lowest BCUT2D eigenvalue weighted by molar-refractivity contribution is -0.226. The number of hydrogen-bond acceptors (Lipinski definition) is 5. The quantitative estimate of drug-likeness (QED) is 0.373. The van der Waals surface area contributed by atoms with E-state index in [1.165, 1.54) is 18.1 Å². The number of piperidine rings is 1. The molecule has 4 atom stereocenters. The van der Waals surface area contributed by atoms with E-state index in [0.29, 0.717) is 11.3 Å². The number of nitrogens with zero attached hydrogens (tertiary/aromatic N) is 2. The molecule has 1 saturated carbocycles. The summed E-state index contributed by atoms with van der Waals surface area (Å²) in [7, 11) is 1.49. The van der Waals surface area contributed by atoms with E-state index < -0.39 is 48.7 Å². The van der Waals surface area contributed by atoms with Gasteiger partial charge in [-0.05, 0) is 48.4 Å². The number of ether oxygens (including phenoxy) is 3. The van der Waals surface area contributed by atoms with Crippen LogP contribution in [0.5, 0.6) is 11.6 Å². The van der Waals surface area contributed by atoms with Crippen LogP contribution in [0, 0.1) is 17.3 Å². The highest BCUT2D eigenvalue weighted by Gasteiger charge is 2.62. The van der Waals surface area contributed by atoms with Gasteiger partial charge in [-0.2, -0.15) is 0 Å². The third-order valence-electron chi connectivity index (χ3n) is 7.60. The maximum absolute atomic E-state index is 15.4. The fourth-order valence-electron chi connectivity index (χ4n) is 5.54. The summed E-state index contributed by atoms with van der Waals surface area (Å²) < 4.78 is 86.2. The molecule has 1 saturated heterocycles. The summed E-state index contributed by atoms with van der Waals surface area (Å²) in [4.78, 5) is 16.4. The fourth-order valence-corrected chi connectivity index (χ4v) is 5.54. The number of carboxylic acid groups (broad SMARTS) is 1. The van der Waals surface area contributed by atoms with E-state index in [1.807, 2.05) is 0 Å². The topological polar surface area (TPSA) is 81.1 Å². The smallest absolute Gasteiger partial charge is 0.407 e. The zero-order valence-electron chi connectivity index (χ0n) is 20.6. The van der Waals surface area contributed by atoms with Crippen LogP contribution in [0.2, 0.25) is 0 Å². The number of rotatable bonds is 10. The Morgan fingerprint density at radius 3 is 2.32 bits per heavy atom. The summed E-state index contributed by atoms with van der Waals surface area (Å²) in [5, 5.41) is 9.30. The zero-order valence-corrected chi connectivity index (χ0v) is 20.6. The SMILES string of the molecule is COc1ccc(COC(F)C(C(F)F)C2C(Oc3ccc(C(F)F)cn3)CC23CCN(C(=O)O)CC3)cc1. The number of methoxy groups -OCH3 is 1. The molecule has 7 nitrogen and oxygen atoms in total. The first-order chi connectivity index (χ1) is 18.1. The molecule has 208 valence electrons. The van der Waals surface area contributed by atoms with Crippen molar-refractivity contribution in [2.24, 2.45) is 17.3 Å². The second-order valence-electron chi connectivity index (χ2n) is 9.67. The average molecular weight is 545 g/mol. The number of likely N-dealkylation sites (tertiary alicyclic amines) is 1. The first-order valence-electron chi connectivity index (χ1n) is 12.2. The van der Waals surface area contributed by atoms with Crippen LogP contribution >= 0.6 is 0 Å². The molecule has 0 bridgehead atoms. The molecule has 12 heteroatoms.